The summed E-state index contributed by atoms with van der Waals surface area (Å²) in [5.74, 6) is -3.42. The molecule has 10 atom stereocenters. The molecule has 0 radical (unpaired) electrons. The van der Waals surface area contributed by atoms with Gasteiger partial charge in [-0.1, -0.05) is 11.6 Å². The van der Waals surface area contributed by atoms with Gasteiger partial charge < -0.3 is 64.5 Å². The Bertz CT molecular complexity index is 1110. The summed E-state index contributed by atoms with van der Waals surface area (Å²) in [7, 11) is 0. The lowest BCUT2D eigenvalue weighted by atomic mass is 9.79. The van der Waals surface area contributed by atoms with Crippen LogP contribution in [0.25, 0.3) is 0 Å². The van der Waals surface area contributed by atoms with Crippen LogP contribution >= 0.6 is 0 Å². The van der Waals surface area contributed by atoms with Crippen LogP contribution in [0.15, 0.2) is 23.8 Å². The molecule has 0 saturated carbocycles. The minimum atomic E-state index is -1.65. The fourth-order valence-corrected chi connectivity index (χ4v) is 5.36. The number of aromatic hydroxyl groups is 3. The second kappa shape index (κ2) is 13.0. The zero-order valence-electron chi connectivity index (χ0n) is 23.6. The third kappa shape index (κ3) is 6.82. The van der Waals surface area contributed by atoms with Gasteiger partial charge in [0.25, 0.3) is 0 Å². The summed E-state index contributed by atoms with van der Waals surface area (Å²) in [5, 5.41) is 80.9. The van der Waals surface area contributed by atoms with E-state index in [9.17, 15) is 45.6 Å². The quantitative estimate of drug-likeness (QED) is 0.104. The summed E-state index contributed by atoms with van der Waals surface area (Å²) in [4.78, 5) is 12.7. The Morgan fingerprint density at radius 2 is 1.60 bits per heavy atom. The number of rotatable bonds is 9. The molecule has 14 nitrogen and oxygen atoms in total. The lowest BCUT2D eigenvalue weighted by Gasteiger charge is -2.45. The molecule has 2 fully saturated rings. The zero-order valence-corrected chi connectivity index (χ0v) is 23.6. The average Bonchev–Trinajstić information content (AvgIpc) is 3.24. The number of carbonyl (C=O) groups is 1. The number of aliphatic hydroxyl groups excluding tert-OH is 5. The monoisotopic (exact) mass is 600 g/mol. The van der Waals surface area contributed by atoms with Crippen molar-refractivity contribution in [3.63, 3.8) is 0 Å². The largest absolute Gasteiger partial charge is 0.504 e. The highest BCUT2D eigenvalue weighted by molar-refractivity contribution is 5.91. The smallest absolute Gasteiger partial charge is 0.338 e. The summed E-state index contributed by atoms with van der Waals surface area (Å²) in [6.07, 6.45) is -8.46. The number of phenolic OH excluding ortho intramolecular Hbond substituents is 3. The fourth-order valence-electron chi connectivity index (χ4n) is 5.36. The van der Waals surface area contributed by atoms with Crippen LogP contribution in [-0.4, -0.2) is 121 Å². The summed E-state index contributed by atoms with van der Waals surface area (Å²) in [6.45, 7) is 4.65. The predicted molar refractivity (Wildman–Crippen MR) is 141 cm³/mol. The molecule has 8 N–H and O–H groups in total. The number of esters is 1. The molecule has 0 spiro atoms. The van der Waals surface area contributed by atoms with Crippen molar-refractivity contribution >= 4 is 5.97 Å². The van der Waals surface area contributed by atoms with Gasteiger partial charge in [-0.2, -0.15) is 0 Å². The molecule has 236 valence electrons. The molecule has 14 heteroatoms. The molecule has 1 aromatic rings. The maximum absolute atomic E-state index is 12.7. The SMILES string of the molecule is CC1=CC[C@H](C(C)(C)O[C@@H]2O[C@H](CO[C@@H]3O[C@@H](CO)[C@@H](O)[C@H]3OC(=O)c3cc(O)c(O)c(O)c3)[C@@H](O)[C@H](O)[C@H]2O)CC1. The van der Waals surface area contributed by atoms with Crippen molar-refractivity contribution in [2.75, 3.05) is 13.2 Å². The van der Waals surface area contributed by atoms with Crippen molar-refractivity contribution in [3.8, 4) is 17.2 Å². The zero-order chi connectivity index (χ0) is 30.9. The molecule has 0 unspecified atom stereocenters. The van der Waals surface area contributed by atoms with E-state index in [4.69, 9.17) is 23.7 Å². The molecule has 2 saturated heterocycles. The van der Waals surface area contributed by atoms with Gasteiger partial charge in [0.1, 0.15) is 36.6 Å². The highest BCUT2D eigenvalue weighted by Gasteiger charge is 2.50. The van der Waals surface area contributed by atoms with E-state index in [1.165, 1.54) is 5.57 Å². The first kappa shape index (κ1) is 32.4. The fraction of sp³-hybridized carbons (Fsp3) is 0.679. The van der Waals surface area contributed by atoms with Crippen LogP contribution < -0.4 is 0 Å². The van der Waals surface area contributed by atoms with Gasteiger partial charge in [-0.3, -0.25) is 0 Å². The first-order valence-corrected chi connectivity index (χ1v) is 13.8. The minimum absolute atomic E-state index is 0.118. The number of hydrogen-bond donors (Lipinski definition) is 8. The Morgan fingerprint density at radius 3 is 2.19 bits per heavy atom. The second-order valence-corrected chi connectivity index (χ2v) is 11.5. The van der Waals surface area contributed by atoms with Crippen LogP contribution in [0.4, 0.5) is 0 Å². The van der Waals surface area contributed by atoms with Crippen LogP contribution in [0.5, 0.6) is 17.2 Å². The number of phenols is 3. The van der Waals surface area contributed by atoms with Crippen LogP contribution in [0.2, 0.25) is 0 Å². The molecule has 2 heterocycles. The van der Waals surface area contributed by atoms with Gasteiger partial charge in [0.2, 0.25) is 0 Å². The molecule has 1 aliphatic carbocycles. The number of carbonyl (C=O) groups excluding carboxylic acids is 1. The van der Waals surface area contributed by atoms with Crippen molar-refractivity contribution in [2.45, 2.75) is 101 Å². The number of allylic oxidation sites excluding steroid dienone is 2. The van der Waals surface area contributed by atoms with Crippen LogP contribution in [-0.2, 0) is 23.7 Å². The number of aliphatic hydroxyl groups is 5. The first-order chi connectivity index (χ1) is 19.7. The normalized spacial score (nSPS) is 35.6. The van der Waals surface area contributed by atoms with Gasteiger partial charge in [-0.05, 0) is 58.1 Å². The van der Waals surface area contributed by atoms with E-state index in [0.717, 1.165) is 31.4 Å². The molecule has 0 aromatic heterocycles. The summed E-state index contributed by atoms with van der Waals surface area (Å²) in [5.41, 5.74) is 0.174. The van der Waals surface area contributed by atoms with E-state index in [0.29, 0.717) is 0 Å². The molecule has 4 rings (SSSR count). The summed E-state index contributed by atoms with van der Waals surface area (Å²) >= 11 is 0. The predicted octanol–water partition coefficient (Wildman–Crippen LogP) is -0.227. The molecule has 0 amide bonds. The van der Waals surface area contributed by atoms with E-state index in [1.807, 2.05) is 13.8 Å². The standard InChI is InChI=1S/C28H40O14/c1-12-4-6-14(7-5-12)28(2,3)42-26-23(36)22(35)20(33)18(40-26)11-38-27-24(21(34)17(10-29)39-27)41-25(37)13-8-15(30)19(32)16(31)9-13/h4,8-9,14,17-18,20-24,26-27,29-36H,5-7,10-11H2,1-3H3/t14-,17-,18+,20+,21+,22-,23+,24+,26-,27+/m0/s1. The molecular weight excluding hydrogens is 560 g/mol. The van der Waals surface area contributed by atoms with Crippen LogP contribution in [0.1, 0.15) is 50.4 Å². The number of hydrogen-bond acceptors (Lipinski definition) is 14. The topological polar surface area (TPSA) is 225 Å². The molecular formula is C28H40O14. The van der Waals surface area contributed by atoms with Crippen LogP contribution in [0.3, 0.4) is 0 Å². The van der Waals surface area contributed by atoms with Gasteiger partial charge in [-0.25, -0.2) is 4.79 Å². The van der Waals surface area contributed by atoms with Crippen molar-refractivity contribution in [1.29, 1.82) is 0 Å². The Balaban J connectivity index is 1.43. The molecule has 42 heavy (non-hydrogen) atoms. The van der Waals surface area contributed by atoms with Gasteiger partial charge in [-0.15, -0.1) is 0 Å². The Kier molecular flexibility index (Phi) is 10.0. The highest BCUT2D eigenvalue weighted by atomic mass is 16.7. The van der Waals surface area contributed by atoms with E-state index in [2.05, 4.69) is 13.0 Å². The maximum atomic E-state index is 12.7. The van der Waals surface area contributed by atoms with Gasteiger partial charge in [0, 0.05) is 0 Å². The van der Waals surface area contributed by atoms with Crippen LogP contribution in [0, 0.1) is 5.92 Å². The van der Waals surface area contributed by atoms with E-state index in [-0.39, 0.29) is 11.5 Å². The Labute approximate surface area is 242 Å². The number of ether oxygens (including phenoxy) is 5. The highest BCUT2D eigenvalue weighted by Crippen LogP contribution is 2.38. The Morgan fingerprint density at radius 1 is 0.952 bits per heavy atom. The number of benzene rings is 1. The summed E-state index contributed by atoms with van der Waals surface area (Å²) < 4.78 is 28.4. The summed E-state index contributed by atoms with van der Waals surface area (Å²) in [6, 6.07) is 1.68. The molecule has 3 aliphatic rings. The van der Waals surface area contributed by atoms with Crippen molar-refractivity contribution in [2.24, 2.45) is 5.92 Å². The average molecular weight is 601 g/mol. The second-order valence-electron chi connectivity index (χ2n) is 11.5. The lowest BCUT2D eigenvalue weighted by molar-refractivity contribution is -0.334. The first-order valence-electron chi connectivity index (χ1n) is 13.8. The van der Waals surface area contributed by atoms with E-state index >= 15 is 0 Å². The molecule has 2 aliphatic heterocycles. The van der Waals surface area contributed by atoms with E-state index < -0.39 is 97.3 Å². The molecule has 1 aromatic carbocycles. The van der Waals surface area contributed by atoms with Crippen molar-refractivity contribution < 1.29 is 69.3 Å². The lowest BCUT2D eigenvalue weighted by Crippen LogP contribution is -2.61. The third-order valence-corrected chi connectivity index (χ3v) is 8.16. The van der Waals surface area contributed by atoms with E-state index in [1.54, 1.807) is 0 Å². The maximum Gasteiger partial charge on any atom is 0.338 e. The third-order valence-electron chi connectivity index (χ3n) is 8.16. The van der Waals surface area contributed by atoms with Crippen molar-refractivity contribution in [3.05, 3.63) is 29.3 Å². The molecule has 0 bridgehead atoms. The van der Waals surface area contributed by atoms with Gasteiger partial charge in [0.15, 0.2) is 35.9 Å². The minimum Gasteiger partial charge on any atom is -0.504 e. The van der Waals surface area contributed by atoms with Gasteiger partial charge in [0.05, 0.1) is 24.4 Å². The van der Waals surface area contributed by atoms with Crippen molar-refractivity contribution in [1.82, 2.24) is 0 Å². The van der Waals surface area contributed by atoms with Gasteiger partial charge >= 0.3 is 5.97 Å². The Hall–Kier alpha value is -2.53.